The molecule has 9 heteroatoms. The van der Waals surface area contributed by atoms with Gasteiger partial charge in [0.2, 0.25) is 0 Å². The van der Waals surface area contributed by atoms with Crippen LogP contribution in [-0.2, 0) is 9.84 Å². The lowest BCUT2D eigenvalue weighted by Gasteiger charge is -2.19. The normalized spacial score (nSPS) is 11.2. The Morgan fingerprint density at radius 1 is 1.19 bits per heavy atom. The second-order valence-corrected chi connectivity index (χ2v) is 7.77. The SMILES string of the molecule is CN(CCCOc1ccc(S(C)(=O)=O)cc1)c1ccc(F)cc1[N+](=O)[O-]. The van der Waals surface area contributed by atoms with Gasteiger partial charge in [-0.05, 0) is 42.8 Å². The molecule has 0 aliphatic heterocycles. The molecule has 0 N–H and O–H groups in total. The molecule has 0 spiro atoms. The molecule has 0 radical (unpaired) electrons. The molecule has 2 rings (SSSR count). The van der Waals surface area contributed by atoms with Gasteiger partial charge in [0.25, 0.3) is 5.69 Å². The van der Waals surface area contributed by atoms with Crippen LogP contribution in [0.15, 0.2) is 47.4 Å². The Bertz CT molecular complexity index is 885. The van der Waals surface area contributed by atoms with Crippen molar-refractivity contribution in [2.24, 2.45) is 0 Å². The van der Waals surface area contributed by atoms with Gasteiger partial charge in [0.15, 0.2) is 9.84 Å². The first kappa shape index (κ1) is 19.6. The van der Waals surface area contributed by atoms with E-state index in [1.54, 1.807) is 24.1 Å². The number of benzene rings is 2. The van der Waals surface area contributed by atoms with Gasteiger partial charge in [-0.25, -0.2) is 12.8 Å². The smallest absolute Gasteiger partial charge is 0.295 e. The minimum Gasteiger partial charge on any atom is -0.494 e. The summed E-state index contributed by atoms with van der Waals surface area (Å²) in [6.45, 7) is 0.811. The highest BCUT2D eigenvalue weighted by molar-refractivity contribution is 7.90. The first-order valence-corrected chi connectivity index (χ1v) is 9.65. The van der Waals surface area contributed by atoms with Gasteiger partial charge < -0.3 is 9.64 Å². The zero-order chi connectivity index (χ0) is 19.3. The summed E-state index contributed by atoms with van der Waals surface area (Å²) in [5.41, 5.74) is 0.0405. The number of rotatable bonds is 8. The predicted molar refractivity (Wildman–Crippen MR) is 96.0 cm³/mol. The van der Waals surface area contributed by atoms with Crippen molar-refractivity contribution >= 4 is 21.2 Å². The summed E-state index contributed by atoms with van der Waals surface area (Å²) in [7, 11) is -1.56. The van der Waals surface area contributed by atoms with Crippen LogP contribution in [0.25, 0.3) is 0 Å². The molecule has 0 unspecified atom stereocenters. The molecular formula is C17H19FN2O5S. The van der Waals surface area contributed by atoms with E-state index in [9.17, 15) is 22.9 Å². The average molecular weight is 382 g/mol. The molecule has 0 fully saturated rings. The molecule has 0 saturated carbocycles. The summed E-state index contributed by atoms with van der Waals surface area (Å²) in [5.74, 6) is -0.123. The van der Waals surface area contributed by atoms with Crippen molar-refractivity contribution in [3.63, 3.8) is 0 Å². The van der Waals surface area contributed by atoms with Gasteiger partial charge in [-0.1, -0.05) is 0 Å². The first-order chi connectivity index (χ1) is 12.2. The number of ether oxygens (including phenoxy) is 1. The molecule has 7 nitrogen and oxygen atoms in total. The highest BCUT2D eigenvalue weighted by Crippen LogP contribution is 2.28. The summed E-state index contributed by atoms with van der Waals surface area (Å²) in [6.07, 6.45) is 1.70. The first-order valence-electron chi connectivity index (χ1n) is 7.76. The van der Waals surface area contributed by atoms with E-state index in [1.807, 2.05) is 0 Å². The largest absolute Gasteiger partial charge is 0.494 e. The van der Waals surface area contributed by atoms with E-state index in [-0.39, 0.29) is 10.6 Å². The quantitative estimate of drug-likeness (QED) is 0.396. The summed E-state index contributed by atoms with van der Waals surface area (Å²) in [6, 6.07) is 9.54. The fourth-order valence-corrected chi connectivity index (χ4v) is 2.99. The molecule has 0 saturated heterocycles. The van der Waals surface area contributed by atoms with E-state index in [2.05, 4.69) is 0 Å². The third-order valence-corrected chi connectivity index (χ3v) is 4.83. The molecule has 0 heterocycles. The Balaban J connectivity index is 1.89. The molecule has 0 atom stereocenters. The zero-order valence-electron chi connectivity index (χ0n) is 14.4. The Hall–Kier alpha value is -2.68. The van der Waals surface area contributed by atoms with Gasteiger partial charge >= 0.3 is 0 Å². The van der Waals surface area contributed by atoms with E-state index in [0.717, 1.165) is 12.3 Å². The lowest BCUT2D eigenvalue weighted by Crippen LogP contribution is -2.21. The lowest BCUT2D eigenvalue weighted by atomic mass is 10.2. The van der Waals surface area contributed by atoms with Crippen LogP contribution >= 0.6 is 0 Å². The highest BCUT2D eigenvalue weighted by Gasteiger charge is 2.18. The fraction of sp³-hybridized carbons (Fsp3) is 0.294. The van der Waals surface area contributed by atoms with E-state index < -0.39 is 20.6 Å². The van der Waals surface area contributed by atoms with Crippen molar-refractivity contribution in [2.75, 3.05) is 31.4 Å². The molecule has 26 heavy (non-hydrogen) atoms. The summed E-state index contributed by atoms with van der Waals surface area (Å²) in [4.78, 5) is 12.3. The number of sulfone groups is 1. The van der Waals surface area contributed by atoms with Crippen LogP contribution < -0.4 is 9.64 Å². The number of nitro groups is 1. The second-order valence-electron chi connectivity index (χ2n) is 5.76. The van der Waals surface area contributed by atoms with Gasteiger partial charge in [-0.15, -0.1) is 0 Å². The Kier molecular flexibility index (Phi) is 6.14. The van der Waals surface area contributed by atoms with Crippen molar-refractivity contribution in [1.82, 2.24) is 0 Å². The number of hydrogen-bond donors (Lipinski definition) is 0. The Morgan fingerprint density at radius 3 is 2.42 bits per heavy atom. The van der Waals surface area contributed by atoms with E-state index in [0.29, 0.717) is 31.0 Å². The van der Waals surface area contributed by atoms with Crippen molar-refractivity contribution < 1.29 is 22.5 Å². The highest BCUT2D eigenvalue weighted by atomic mass is 32.2. The number of hydrogen-bond acceptors (Lipinski definition) is 6. The number of nitrogens with zero attached hydrogens (tertiary/aromatic N) is 2. The van der Waals surface area contributed by atoms with Gasteiger partial charge in [-0.2, -0.15) is 0 Å². The predicted octanol–water partition coefficient (Wildman–Crippen LogP) is 3.04. The fourth-order valence-electron chi connectivity index (χ4n) is 2.36. The standard InChI is InChI=1S/C17H19FN2O5S/c1-19(16-9-4-13(18)12-17(16)20(21)22)10-3-11-25-14-5-7-15(8-6-14)26(2,23)24/h4-9,12H,3,10-11H2,1-2H3. The average Bonchev–Trinajstić information content (AvgIpc) is 2.58. The molecule has 2 aromatic carbocycles. The maximum absolute atomic E-state index is 13.2. The molecule has 0 aromatic heterocycles. The third-order valence-electron chi connectivity index (χ3n) is 3.70. The zero-order valence-corrected chi connectivity index (χ0v) is 15.2. The molecule has 140 valence electrons. The van der Waals surface area contributed by atoms with Crippen molar-refractivity contribution in [3.05, 3.63) is 58.4 Å². The van der Waals surface area contributed by atoms with Crippen LogP contribution in [0.5, 0.6) is 5.75 Å². The molecule has 0 aliphatic rings. The number of anilines is 1. The van der Waals surface area contributed by atoms with Crippen LogP contribution in [0.1, 0.15) is 6.42 Å². The lowest BCUT2D eigenvalue weighted by molar-refractivity contribution is -0.384. The maximum Gasteiger partial charge on any atom is 0.295 e. The number of nitro benzene ring substituents is 1. The number of halogens is 1. The molecule has 0 amide bonds. The third kappa shape index (κ3) is 5.16. The minimum atomic E-state index is -3.24. The van der Waals surface area contributed by atoms with Crippen LogP contribution in [0, 0.1) is 15.9 Å². The molecule has 0 bridgehead atoms. The van der Waals surface area contributed by atoms with Crippen molar-refractivity contribution in [1.29, 1.82) is 0 Å². The Morgan fingerprint density at radius 2 is 1.85 bits per heavy atom. The topological polar surface area (TPSA) is 89.8 Å². The maximum atomic E-state index is 13.2. The monoisotopic (exact) mass is 382 g/mol. The molecular weight excluding hydrogens is 363 g/mol. The summed E-state index contributed by atoms with van der Waals surface area (Å²) < 4.78 is 41.5. The summed E-state index contributed by atoms with van der Waals surface area (Å²) >= 11 is 0. The van der Waals surface area contributed by atoms with Crippen LogP contribution in [0.3, 0.4) is 0 Å². The van der Waals surface area contributed by atoms with Crippen LogP contribution in [0.2, 0.25) is 0 Å². The van der Waals surface area contributed by atoms with E-state index in [1.165, 1.54) is 24.3 Å². The van der Waals surface area contributed by atoms with Crippen molar-refractivity contribution in [3.8, 4) is 5.75 Å². The van der Waals surface area contributed by atoms with Gasteiger partial charge in [0, 0.05) is 19.8 Å². The molecule has 2 aromatic rings. The van der Waals surface area contributed by atoms with Gasteiger partial charge in [-0.3, -0.25) is 10.1 Å². The van der Waals surface area contributed by atoms with Gasteiger partial charge in [0.1, 0.15) is 17.3 Å². The van der Waals surface area contributed by atoms with Gasteiger partial charge in [0.05, 0.1) is 22.5 Å². The Labute approximate surface area is 151 Å². The van der Waals surface area contributed by atoms with Crippen molar-refractivity contribution in [2.45, 2.75) is 11.3 Å². The van der Waals surface area contributed by atoms with E-state index >= 15 is 0 Å². The van der Waals surface area contributed by atoms with Crippen LogP contribution in [-0.4, -0.2) is 39.8 Å². The molecule has 0 aliphatic carbocycles. The summed E-state index contributed by atoms with van der Waals surface area (Å²) in [5, 5.41) is 11.0. The second kappa shape index (κ2) is 8.13. The minimum absolute atomic E-state index is 0.216. The van der Waals surface area contributed by atoms with E-state index in [4.69, 9.17) is 4.74 Å². The van der Waals surface area contributed by atoms with Crippen LogP contribution in [0.4, 0.5) is 15.8 Å².